The van der Waals surface area contributed by atoms with Crippen LogP contribution in [0.1, 0.15) is 42.9 Å². The van der Waals surface area contributed by atoms with E-state index in [9.17, 15) is 9.59 Å². The molecular formula is C20H22N2O2. The van der Waals surface area contributed by atoms with Gasteiger partial charge in [0.1, 0.15) is 5.70 Å². The molecule has 3 aliphatic rings. The summed E-state index contributed by atoms with van der Waals surface area (Å²) in [6.45, 7) is 1.39. The summed E-state index contributed by atoms with van der Waals surface area (Å²) in [4.78, 5) is 27.1. The van der Waals surface area contributed by atoms with Crippen LogP contribution in [-0.2, 0) is 16.0 Å². The minimum atomic E-state index is -0.0505. The number of allylic oxidation sites excluding steroid dienone is 3. The number of amides is 1. The van der Waals surface area contributed by atoms with Crippen molar-refractivity contribution in [3.8, 4) is 0 Å². The molecule has 1 amide bonds. The van der Waals surface area contributed by atoms with E-state index in [2.05, 4.69) is 23.5 Å². The van der Waals surface area contributed by atoms with Crippen LogP contribution in [-0.4, -0.2) is 29.7 Å². The number of piperazine rings is 1. The molecule has 1 saturated heterocycles. The van der Waals surface area contributed by atoms with Crippen LogP contribution in [0.25, 0.3) is 0 Å². The lowest BCUT2D eigenvalue weighted by atomic mass is 9.90. The summed E-state index contributed by atoms with van der Waals surface area (Å²) in [6.07, 6.45) is 8.43. The second kappa shape index (κ2) is 6.27. The molecule has 1 aromatic rings. The molecule has 1 aliphatic carbocycles. The monoisotopic (exact) mass is 322 g/mol. The highest BCUT2D eigenvalue weighted by Crippen LogP contribution is 2.32. The van der Waals surface area contributed by atoms with Crippen molar-refractivity contribution in [2.45, 2.75) is 38.1 Å². The van der Waals surface area contributed by atoms with Crippen molar-refractivity contribution in [1.82, 2.24) is 10.2 Å². The fraction of sp³-hybridized carbons (Fsp3) is 0.400. The fourth-order valence-corrected chi connectivity index (χ4v) is 3.95. The third-order valence-corrected chi connectivity index (χ3v) is 5.27. The average molecular weight is 322 g/mol. The highest BCUT2D eigenvalue weighted by molar-refractivity contribution is 6.09. The van der Waals surface area contributed by atoms with Crippen molar-refractivity contribution < 1.29 is 9.59 Å². The van der Waals surface area contributed by atoms with Crippen molar-refractivity contribution in [2.24, 2.45) is 0 Å². The van der Waals surface area contributed by atoms with Gasteiger partial charge in [0.05, 0.1) is 6.04 Å². The predicted molar refractivity (Wildman–Crippen MR) is 92.2 cm³/mol. The van der Waals surface area contributed by atoms with Gasteiger partial charge in [0.2, 0.25) is 0 Å². The van der Waals surface area contributed by atoms with Gasteiger partial charge in [-0.05, 0) is 48.8 Å². The maximum atomic E-state index is 12.8. The van der Waals surface area contributed by atoms with Gasteiger partial charge in [0, 0.05) is 19.2 Å². The Kier molecular flexibility index (Phi) is 3.97. The summed E-state index contributed by atoms with van der Waals surface area (Å²) in [5, 5.41) is 3.20. The lowest BCUT2D eigenvalue weighted by Crippen LogP contribution is -2.51. The van der Waals surface area contributed by atoms with E-state index >= 15 is 0 Å². The Hall–Kier alpha value is -2.36. The Morgan fingerprint density at radius 3 is 2.92 bits per heavy atom. The Morgan fingerprint density at radius 1 is 1.21 bits per heavy atom. The van der Waals surface area contributed by atoms with Crippen molar-refractivity contribution in [3.63, 3.8) is 0 Å². The molecule has 1 atom stereocenters. The molecule has 1 N–H and O–H groups in total. The number of nitrogens with zero attached hydrogens (tertiary/aromatic N) is 1. The van der Waals surface area contributed by atoms with E-state index in [4.69, 9.17) is 0 Å². The Bertz CT molecular complexity index is 748. The van der Waals surface area contributed by atoms with Crippen LogP contribution in [0.4, 0.5) is 0 Å². The number of fused-ring (bicyclic) bond motifs is 3. The van der Waals surface area contributed by atoms with E-state index in [1.165, 1.54) is 17.2 Å². The molecule has 4 nitrogen and oxygen atoms in total. The topological polar surface area (TPSA) is 49.4 Å². The largest absolute Gasteiger partial charge is 0.378 e. The van der Waals surface area contributed by atoms with Gasteiger partial charge in [0.15, 0.2) is 5.78 Å². The van der Waals surface area contributed by atoms with E-state index in [0.29, 0.717) is 12.2 Å². The lowest BCUT2D eigenvalue weighted by molar-refractivity contribution is -0.132. The SMILES string of the molecule is O=C(C=C1NCC2c3ccccc3CCN2C1=O)C1=CCCCC1. The van der Waals surface area contributed by atoms with E-state index in [1.807, 2.05) is 17.0 Å². The molecule has 0 spiro atoms. The second-order valence-corrected chi connectivity index (χ2v) is 6.74. The Labute approximate surface area is 142 Å². The van der Waals surface area contributed by atoms with Crippen LogP contribution in [0.2, 0.25) is 0 Å². The van der Waals surface area contributed by atoms with E-state index in [-0.39, 0.29) is 17.7 Å². The van der Waals surface area contributed by atoms with Crippen LogP contribution >= 0.6 is 0 Å². The van der Waals surface area contributed by atoms with Crippen molar-refractivity contribution in [2.75, 3.05) is 13.1 Å². The molecule has 0 bridgehead atoms. The number of benzene rings is 1. The number of carbonyl (C=O) groups is 2. The highest BCUT2D eigenvalue weighted by Gasteiger charge is 2.36. The molecule has 4 rings (SSSR count). The van der Waals surface area contributed by atoms with Gasteiger partial charge in [0.25, 0.3) is 5.91 Å². The number of carbonyl (C=O) groups excluding carboxylic acids is 2. The maximum absolute atomic E-state index is 12.8. The molecule has 0 saturated carbocycles. The molecule has 124 valence electrons. The summed E-state index contributed by atoms with van der Waals surface area (Å²) in [5.41, 5.74) is 3.85. The number of ketones is 1. The van der Waals surface area contributed by atoms with Crippen LogP contribution in [0, 0.1) is 0 Å². The lowest BCUT2D eigenvalue weighted by Gasteiger charge is -2.41. The molecule has 4 heteroatoms. The predicted octanol–water partition coefficient (Wildman–Crippen LogP) is 2.67. The summed E-state index contributed by atoms with van der Waals surface area (Å²) < 4.78 is 0. The van der Waals surface area contributed by atoms with E-state index < -0.39 is 0 Å². The molecule has 0 aromatic heterocycles. The minimum absolute atomic E-state index is 0.0126. The van der Waals surface area contributed by atoms with Gasteiger partial charge >= 0.3 is 0 Å². The van der Waals surface area contributed by atoms with Crippen molar-refractivity contribution in [3.05, 3.63) is 58.8 Å². The molecular weight excluding hydrogens is 300 g/mol. The summed E-state index contributed by atoms with van der Waals surface area (Å²) in [5.74, 6) is -0.0630. The van der Waals surface area contributed by atoms with E-state index in [0.717, 1.165) is 44.2 Å². The third-order valence-electron chi connectivity index (χ3n) is 5.27. The maximum Gasteiger partial charge on any atom is 0.270 e. The number of nitrogens with one attached hydrogen (secondary N) is 1. The van der Waals surface area contributed by atoms with Crippen LogP contribution in [0.3, 0.4) is 0 Å². The number of rotatable bonds is 2. The zero-order chi connectivity index (χ0) is 16.5. The zero-order valence-corrected chi connectivity index (χ0v) is 13.8. The summed E-state index contributed by atoms with van der Waals surface area (Å²) in [7, 11) is 0. The first-order chi connectivity index (χ1) is 11.7. The van der Waals surface area contributed by atoms with Gasteiger partial charge in [-0.2, -0.15) is 0 Å². The Morgan fingerprint density at radius 2 is 2.08 bits per heavy atom. The molecule has 1 unspecified atom stereocenters. The quantitative estimate of drug-likeness (QED) is 0.852. The molecule has 0 radical (unpaired) electrons. The Balaban J connectivity index is 1.56. The van der Waals surface area contributed by atoms with Crippen LogP contribution in [0.15, 0.2) is 47.7 Å². The molecule has 1 aromatic carbocycles. The van der Waals surface area contributed by atoms with Gasteiger partial charge in [-0.3, -0.25) is 9.59 Å². The fourth-order valence-electron chi connectivity index (χ4n) is 3.95. The molecule has 2 aliphatic heterocycles. The smallest absolute Gasteiger partial charge is 0.270 e. The molecule has 24 heavy (non-hydrogen) atoms. The van der Waals surface area contributed by atoms with Crippen LogP contribution in [0.5, 0.6) is 0 Å². The number of hydrogen-bond acceptors (Lipinski definition) is 3. The van der Waals surface area contributed by atoms with Crippen LogP contribution < -0.4 is 5.32 Å². The van der Waals surface area contributed by atoms with Gasteiger partial charge in [-0.1, -0.05) is 30.3 Å². The van der Waals surface area contributed by atoms with E-state index in [1.54, 1.807) is 0 Å². The van der Waals surface area contributed by atoms with Gasteiger partial charge in [-0.25, -0.2) is 0 Å². The van der Waals surface area contributed by atoms with Gasteiger partial charge < -0.3 is 10.2 Å². The highest BCUT2D eigenvalue weighted by atomic mass is 16.2. The average Bonchev–Trinajstić information content (AvgIpc) is 2.64. The first kappa shape index (κ1) is 15.2. The van der Waals surface area contributed by atoms with Gasteiger partial charge in [-0.15, -0.1) is 0 Å². The second-order valence-electron chi connectivity index (χ2n) is 6.74. The normalized spacial score (nSPS) is 24.8. The standard InChI is InChI=1S/C20H22N2O2/c23-19(15-7-2-1-3-8-15)12-17-20(24)22-11-10-14-6-4-5-9-16(14)18(22)13-21-17/h4-7,9,12,18,21H,1-3,8,10-11,13H2. The molecule has 1 fully saturated rings. The molecule has 2 heterocycles. The first-order valence-electron chi connectivity index (χ1n) is 8.82. The summed E-state index contributed by atoms with van der Waals surface area (Å²) >= 11 is 0. The number of hydrogen-bond donors (Lipinski definition) is 1. The van der Waals surface area contributed by atoms with Crippen molar-refractivity contribution in [1.29, 1.82) is 0 Å². The zero-order valence-electron chi connectivity index (χ0n) is 13.8. The third kappa shape index (κ3) is 2.66. The summed E-state index contributed by atoms with van der Waals surface area (Å²) in [6, 6.07) is 8.39. The first-order valence-corrected chi connectivity index (χ1v) is 8.82. The minimum Gasteiger partial charge on any atom is -0.378 e. The van der Waals surface area contributed by atoms with Crippen molar-refractivity contribution >= 4 is 11.7 Å².